The Morgan fingerprint density at radius 2 is 2.08 bits per heavy atom. The molecule has 0 saturated heterocycles. The van der Waals surface area contributed by atoms with Crippen LogP contribution in [0, 0.1) is 11.3 Å². The number of benzene rings is 1. The van der Waals surface area contributed by atoms with Crippen molar-refractivity contribution < 1.29 is 4.74 Å². The van der Waals surface area contributed by atoms with Crippen LogP contribution in [0.2, 0.25) is 0 Å². The van der Waals surface area contributed by atoms with Gasteiger partial charge in [0, 0.05) is 12.4 Å². The van der Waals surface area contributed by atoms with Crippen LogP contribution in [0.25, 0.3) is 16.7 Å². The van der Waals surface area contributed by atoms with E-state index in [4.69, 9.17) is 10.5 Å². The van der Waals surface area contributed by atoms with Gasteiger partial charge in [0.25, 0.3) is 0 Å². The minimum Gasteiger partial charge on any atom is -0.443 e. The Kier molecular flexibility index (Phi) is 3.43. The van der Waals surface area contributed by atoms with Crippen molar-refractivity contribution in [2.75, 3.05) is 0 Å². The molecule has 7 heteroatoms. The molecule has 122 valence electrons. The Morgan fingerprint density at radius 1 is 1.24 bits per heavy atom. The van der Waals surface area contributed by atoms with E-state index in [9.17, 15) is 5.26 Å². The van der Waals surface area contributed by atoms with Crippen LogP contribution in [-0.2, 0) is 4.74 Å². The largest absolute Gasteiger partial charge is 0.443 e. The summed E-state index contributed by atoms with van der Waals surface area (Å²) in [4.78, 5) is 4.18. The highest BCUT2D eigenvalue weighted by molar-refractivity contribution is 5.80. The van der Waals surface area contributed by atoms with Crippen LogP contribution < -0.4 is 5.73 Å². The van der Waals surface area contributed by atoms with Crippen molar-refractivity contribution in [1.29, 1.82) is 5.26 Å². The molecular weight excluding hydrogens is 316 g/mol. The molecule has 0 saturated carbocycles. The van der Waals surface area contributed by atoms with E-state index in [1.807, 2.05) is 36.4 Å². The second kappa shape index (κ2) is 5.76. The molecule has 1 aromatic carbocycles. The number of para-hydroxylation sites is 1. The number of ether oxygens (including phenoxy) is 1. The Balaban J connectivity index is 1.98. The SMILES string of the molecule is CC1=C(n2nnc3ccccc32)C(c2cccnc2)C(C#N)=C(N)O1. The number of pyridine rings is 1. The van der Waals surface area contributed by atoms with Gasteiger partial charge in [0.1, 0.15) is 22.9 Å². The number of aromatic nitrogens is 4. The zero-order valence-electron chi connectivity index (χ0n) is 13.4. The molecule has 0 bridgehead atoms. The maximum atomic E-state index is 9.65. The number of nitriles is 1. The molecule has 3 aromatic rings. The molecule has 0 radical (unpaired) electrons. The Hall–Kier alpha value is -3.66. The van der Waals surface area contributed by atoms with Gasteiger partial charge < -0.3 is 10.5 Å². The van der Waals surface area contributed by atoms with Gasteiger partial charge in [-0.15, -0.1) is 5.10 Å². The van der Waals surface area contributed by atoms with E-state index >= 15 is 0 Å². The lowest BCUT2D eigenvalue weighted by Gasteiger charge is -2.27. The predicted octanol–water partition coefficient (Wildman–Crippen LogP) is 2.52. The molecular formula is C18H14N6O. The van der Waals surface area contributed by atoms with E-state index in [0.29, 0.717) is 17.0 Å². The van der Waals surface area contributed by atoms with E-state index in [0.717, 1.165) is 16.6 Å². The van der Waals surface area contributed by atoms with Crippen molar-refractivity contribution in [1.82, 2.24) is 20.0 Å². The normalized spacial score (nSPS) is 17.5. The summed E-state index contributed by atoms with van der Waals surface area (Å²) in [5, 5.41) is 18.1. The topological polar surface area (TPSA) is 103 Å². The highest BCUT2D eigenvalue weighted by Gasteiger charge is 2.34. The van der Waals surface area contributed by atoms with E-state index in [1.54, 1.807) is 24.0 Å². The third-order valence-electron chi connectivity index (χ3n) is 4.17. The maximum Gasteiger partial charge on any atom is 0.205 e. The molecule has 0 aliphatic carbocycles. The van der Waals surface area contributed by atoms with Crippen molar-refractivity contribution >= 4 is 16.7 Å². The molecule has 1 unspecified atom stereocenters. The Morgan fingerprint density at radius 3 is 2.84 bits per heavy atom. The van der Waals surface area contributed by atoms with E-state index in [1.165, 1.54) is 0 Å². The molecule has 0 amide bonds. The molecule has 0 fully saturated rings. The predicted molar refractivity (Wildman–Crippen MR) is 91.3 cm³/mol. The van der Waals surface area contributed by atoms with Gasteiger partial charge in [-0.3, -0.25) is 4.98 Å². The fourth-order valence-corrected chi connectivity index (χ4v) is 3.06. The van der Waals surface area contributed by atoms with Gasteiger partial charge in [0.2, 0.25) is 5.88 Å². The number of nitrogens with two attached hydrogens (primary N) is 1. The van der Waals surface area contributed by atoms with Gasteiger partial charge in [-0.1, -0.05) is 23.4 Å². The number of nitrogens with zero attached hydrogens (tertiary/aromatic N) is 5. The zero-order valence-corrected chi connectivity index (χ0v) is 13.4. The van der Waals surface area contributed by atoms with Crippen LogP contribution in [0.5, 0.6) is 0 Å². The minimum absolute atomic E-state index is 0.0991. The second-order valence-corrected chi connectivity index (χ2v) is 5.64. The summed E-state index contributed by atoms with van der Waals surface area (Å²) in [5.74, 6) is 0.237. The van der Waals surface area contributed by atoms with E-state index in [2.05, 4.69) is 21.4 Å². The standard InChI is InChI=1S/C18H14N6O/c1-11-17(24-15-7-3-2-6-14(15)22-23-24)16(12-5-4-8-21-10-12)13(9-19)18(20)25-11/h2-8,10,16H,20H2,1H3. The minimum atomic E-state index is -0.433. The summed E-state index contributed by atoms with van der Waals surface area (Å²) < 4.78 is 7.33. The van der Waals surface area contributed by atoms with Gasteiger partial charge in [-0.05, 0) is 30.7 Å². The van der Waals surface area contributed by atoms with Crippen molar-refractivity contribution in [3.05, 3.63) is 71.6 Å². The molecule has 3 heterocycles. The maximum absolute atomic E-state index is 9.65. The van der Waals surface area contributed by atoms with Gasteiger partial charge in [-0.2, -0.15) is 5.26 Å². The fraction of sp³-hybridized carbons (Fsp3) is 0.111. The van der Waals surface area contributed by atoms with Crippen LogP contribution in [0.4, 0.5) is 0 Å². The second-order valence-electron chi connectivity index (χ2n) is 5.64. The molecule has 4 rings (SSSR count). The fourth-order valence-electron chi connectivity index (χ4n) is 3.06. The lowest BCUT2D eigenvalue weighted by atomic mass is 9.87. The molecule has 2 N–H and O–H groups in total. The first kappa shape index (κ1) is 14.9. The van der Waals surface area contributed by atoms with Crippen LogP contribution in [0.3, 0.4) is 0 Å². The summed E-state index contributed by atoms with van der Waals surface area (Å²) in [6.45, 7) is 1.80. The van der Waals surface area contributed by atoms with Gasteiger partial charge in [-0.25, -0.2) is 4.68 Å². The van der Waals surface area contributed by atoms with Gasteiger partial charge >= 0.3 is 0 Å². The van der Waals surface area contributed by atoms with Crippen LogP contribution in [0.15, 0.2) is 66.0 Å². The van der Waals surface area contributed by atoms with Crippen molar-refractivity contribution in [2.45, 2.75) is 12.8 Å². The number of allylic oxidation sites excluding steroid dienone is 3. The molecule has 2 aromatic heterocycles. The molecule has 0 spiro atoms. The number of hydrogen-bond acceptors (Lipinski definition) is 6. The van der Waals surface area contributed by atoms with Crippen LogP contribution in [-0.4, -0.2) is 20.0 Å². The molecule has 1 aliphatic heterocycles. The lowest BCUT2D eigenvalue weighted by Crippen LogP contribution is -2.23. The van der Waals surface area contributed by atoms with Crippen molar-refractivity contribution in [3.8, 4) is 6.07 Å². The highest BCUT2D eigenvalue weighted by atomic mass is 16.5. The van der Waals surface area contributed by atoms with E-state index < -0.39 is 5.92 Å². The monoisotopic (exact) mass is 330 g/mol. The average Bonchev–Trinajstić information content (AvgIpc) is 3.06. The average molecular weight is 330 g/mol. The van der Waals surface area contributed by atoms with Crippen LogP contribution in [0.1, 0.15) is 18.4 Å². The summed E-state index contributed by atoms with van der Waals surface area (Å²) in [5.41, 5.74) is 9.42. The van der Waals surface area contributed by atoms with Crippen molar-refractivity contribution in [3.63, 3.8) is 0 Å². The Bertz CT molecular complexity index is 1060. The first-order chi connectivity index (χ1) is 12.2. The number of hydrogen-bond donors (Lipinski definition) is 1. The third kappa shape index (κ3) is 2.32. The molecule has 7 nitrogen and oxygen atoms in total. The van der Waals surface area contributed by atoms with Gasteiger partial charge in [0.05, 0.1) is 17.1 Å². The van der Waals surface area contributed by atoms with Crippen molar-refractivity contribution in [2.24, 2.45) is 5.73 Å². The highest BCUT2D eigenvalue weighted by Crippen LogP contribution is 2.41. The molecule has 25 heavy (non-hydrogen) atoms. The smallest absolute Gasteiger partial charge is 0.205 e. The van der Waals surface area contributed by atoms with Gasteiger partial charge in [0.15, 0.2) is 0 Å². The first-order valence-electron chi connectivity index (χ1n) is 7.70. The summed E-state index contributed by atoms with van der Waals surface area (Å²) >= 11 is 0. The number of rotatable bonds is 2. The number of fused-ring (bicyclic) bond motifs is 1. The quantitative estimate of drug-likeness (QED) is 0.774. The molecule has 1 aliphatic rings. The van der Waals surface area contributed by atoms with Crippen LogP contribution >= 0.6 is 0 Å². The third-order valence-corrected chi connectivity index (χ3v) is 4.17. The summed E-state index contributed by atoms with van der Waals surface area (Å²) in [6.07, 6.45) is 3.40. The summed E-state index contributed by atoms with van der Waals surface area (Å²) in [7, 11) is 0. The Labute approximate surface area is 143 Å². The first-order valence-corrected chi connectivity index (χ1v) is 7.70. The van der Waals surface area contributed by atoms with E-state index in [-0.39, 0.29) is 5.88 Å². The lowest BCUT2D eigenvalue weighted by molar-refractivity contribution is 0.287. The molecule has 1 atom stereocenters. The summed E-state index contributed by atoms with van der Waals surface area (Å²) in [6, 6.07) is 13.5. The zero-order chi connectivity index (χ0) is 17.4.